The summed E-state index contributed by atoms with van der Waals surface area (Å²) in [7, 11) is 1.48. The third kappa shape index (κ3) is 3.68. The molecule has 100 valence electrons. The third-order valence-electron chi connectivity index (χ3n) is 3.36. The van der Waals surface area contributed by atoms with Gasteiger partial charge in [-0.1, -0.05) is 6.07 Å². The molecule has 3 nitrogen and oxygen atoms in total. The fourth-order valence-corrected chi connectivity index (χ4v) is 2.31. The van der Waals surface area contributed by atoms with Crippen LogP contribution in [0.3, 0.4) is 0 Å². The van der Waals surface area contributed by atoms with Gasteiger partial charge < -0.3 is 15.4 Å². The molecule has 1 atom stereocenters. The number of rotatable bonds is 6. The van der Waals surface area contributed by atoms with Crippen LogP contribution in [0.15, 0.2) is 18.2 Å². The highest BCUT2D eigenvalue weighted by Crippen LogP contribution is 2.17. The van der Waals surface area contributed by atoms with Crippen molar-refractivity contribution in [2.24, 2.45) is 0 Å². The van der Waals surface area contributed by atoms with Gasteiger partial charge in [0.15, 0.2) is 11.6 Å². The number of hydrogen-bond acceptors (Lipinski definition) is 3. The minimum absolute atomic E-state index is 0.285. The Morgan fingerprint density at radius 3 is 3.06 bits per heavy atom. The lowest BCUT2D eigenvalue weighted by Crippen LogP contribution is -2.34. The summed E-state index contributed by atoms with van der Waals surface area (Å²) < 4.78 is 18.3. The fourth-order valence-electron chi connectivity index (χ4n) is 2.31. The van der Waals surface area contributed by atoms with Crippen LogP contribution < -0.4 is 15.4 Å². The third-order valence-corrected chi connectivity index (χ3v) is 3.36. The number of benzene rings is 1. The predicted octanol–water partition coefficient (Wildman–Crippen LogP) is 1.72. The lowest BCUT2D eigenvalue weighted by molar-refractivity contribution is 0.386. The molecule has 2 N–H and O–H groups in total. The van der Waals surface area contributed by atoms with Gasteiger partial charge in [-0.25, -0.2) is 4.39 Å². The van der Waals surface area contributed by atoms with E-state index >= 15 is 0 Å². The number of halogens is 1. The lowest BCUT2D eigenvalue weighted by atomic mass is 10.1. The zero-order chi connectivity index (χ0) is 12.8. The van der Waals surface area contributed by atoms with Gasteiger partial charge in [-0.3, -0.25) is 0 Å². The van der Waals surface area contributed by atoms with E-state index in [1.54, 1.807) is 12.1 Å². The van der Waals surface area contributed by atoms with Crippen molar-refractivity contribution in [3.63, 3.8) is 0 Å². The summed E-state index contributed by atoms with van der Waals surface area (Å²) in [5, 5.41) is 6.85. The highest BCUT2D eigenvalue weighted by Gasteiger charge is 2.12. The van der Waals surface area contributed by atoms with Crippen LogP contribution in [-0.2, 0) is 6.42 Å². The van der Waals surface area contributed by atoms with Gasteiger partial charge in [0.2, 0.25) is 0 Å². The van der Waals surface area contributed by atoms with E-state index in [9.17, 15) is 4.39 Å². The maximum atomic E-state index is 13.4. The van der Waals surface area contributed by atoms with Crippen molar-refractivity contribution in [2.45, 2.75) is 25.3 Å². The molecule has 4 heteroatoms. The Balaban J connectivity index is 1.71. The number of methoxy groups -OCH3 is 1. The Morgan fingerprint density at radius 1 is 1.50 bits per heavy atom. The van der Waals surface area contributed by atoms with Crippen LogP contribution in [0.4, 0.5) is 4.39 Å². The highest BCUT2D eigenvalue weighted by molar-refractivity contribution is 5.29. The molecule has 0 spiro atoms. The number of nitrogens with one attached hydrogen (secondary N) is 2. The zero-order valence-electron chi connectivity index (χ0n) is 10.8. The maximum absolute atomic E-state index is 13.4. The van der Waals surface area contributed by atoms with Crippen molar-refractivity contribution in [2.75, 3.05) is 26.7 Å². The van der Waals surface area contributed by atoms with E-state index in [1.165, 1.54) is 20.0 Å². The van der Waals surface area contributed by atoms with Crippen molar-refractivity contribution in [3.05, 3.63) is 29.6 Å². The molecule has 1 heterocycles. The Labute approximate surface area is 108 Å². The quantitative estimate of drug-likeness (QED) is 0.756. The van der Waals surface area contributed by atoms with Gasteiger partial charge in [-0.2, -0.15) is 0 Å². The smallest absolute Gasteiger partial charge is 0.165 e. The molecule has 18 heavy (non-hydrogen) atoms. The summed E-state index contributed by atoms with van der Waals surface area (Å²) in [6, 6.07) is 5.76. The molecule has 1 aliphatic heterocycles. The van der Waals surface area contributed by atoms with Crippen LogP contribution in [0.1, 0.15) is 18.4 Å². The van der Waals surface area contributed by atoms with E-state index in [2.05, 4.69) is 10.6 Å². The largest absolute Gasteiger partial charge is 0.494 e. The molecular weight excluding hydrogens is 231 g/mol. The summed E-state index contributed by atoms with van der Waals surface area (Å²) in [5.41, 5.74) is 1.00. The molecular formula is C14H21FN2O. The van der Waals surface area contributed by atoms with E-state index in [-0.39, 0.29) is 5.82 Å². The molecule has 2 rings (SSSR count). The average molecular weight is 252 g/mol. The number of hydrogen-bond donors (Lipinski definition) is 2. The van der Waals surface area contributed by atoms with Crippen molar-refractivity contribution < 1.29 is 9.13 Å². The Kier molecular flexibility index (Phi) is 4.96. The van der Waals surface area contributed by atoms with Gasteiger partial charge >= 0.3 is 0 Å². The van der Waals surface area contributed by atoms with Crippen LogP contribution in [-0.4, -0.2) is 32.8 Å². The SMILES string of the molecule is COc1ccc(CCNCC2CCCN2)cc1F. The molecule has 1 unspecified atom stereocenters. The Morgan fingerprint density at radius 2 is 2.39 bits per heavy atom. The summed E-state index contributed by atoms with van der Waals surface area (Å²) >= 11 is 0. The molecule has 0 bridgehead atoms. The topological polar surface area (TPSA) is 33.3 Å². The Hall–Kier alpha value is -1.13. The van der Waals surface area contributed by atoms with E-state index < -0.39 is 0 Å². The first-order valence-electron chi connectivity index (χ1n) is 6.56. The lowest BCUT2D eigenvalue weighted by Gasteiger charge is -2.11. The first kappa shape index (κ1) is 13.3. The molecule has 1 saturated heterocycles. The second-order valence-electron chi connectivity index (χ2n) is 4.72. The predicted molar refractivity (Wildman–Crippen MR) is 70.6 cm³/mol. The van der Waals surface area contributed by atoms with Gasteiger partial charge in [0, 0.05) is 12.6 Å². The van der Waals surface area contributed by atoms with Crippen LogP contribution in [0.25, 0.3) is 0 Å². The first-order chi connectivity index (χ1) is 8.79. The first-order valence-corrected chi connectivity index (χ1v) is 6.56. The highest BCUT2D eigenvalue weighted by atomic mass is 19.1. The van der Waals surface area contributed by atoms with E-state index in [4.69, 9.17) is 4.74 Å². The zero-order valence-corrected chi connectivity index (χ0v) is 10.8. The maximum Gasteiger partial charge on any atom is 0.165 e. The van der Waals surface area contributed by atoms with Crippen molar-refractivity contribution in [1.29, 1.82) is 0 Å². The van der Waals surface area contributed by atoms with E-state index in [0.717, 1.165) is 31.6 Å². The monoisotopic (exact) mass is 252 g/mol. The summed E-state index contributed by atoms with van der Waals surface area (Å²) in [4.78, 5) is 0. The summed E-state index contributed by atoms with van der Waals surface area (Å²) in [5.74, 6) is 0.0225. The standard InChI is InChI=1S/C14H21FN2O/c1-18-14-5-4-11(9-13(14)15)6-8-16-10-12-3-2-7-17-12/h4-5,9,12,16-17H,2-3,6-8,10H2,1H3. The van der Waals surface area contributed by atoms with Gasteiger partial charge in [0.1, 0.15) is 0 Å². The fraction of sp³-hybridized carbons (Fsp3) is 0.571. The summed E-state index contributed by atoms with van der Waals surface area (Å²) in [6.45, 7) is 3.01. The average Bonchev–Trinajstić information content (AvgIpc) is 2.88. The minimum Gasteiger partial charge on any atom is -0.494 e. The van der Waals surface area contributed by atoms with Crippen LogP contribution in [0.5, 0.6) is 5.75 Å². The van der Waals surface area contributed by atoms with Crippen LogP contribution in [0.2, 0.25) is 0 Å². The molecule has 0 amide bonds. The van der Waals surface area contributed by atoms with E-state index in [0.29, 0.717) is 11.8 Å². The van der Waals surface area contributed by atoms with Crippen molar-refractivity contribution in [1.82, 2.24) is 10.6 Å². The normalized spacial score (nSPS) is 19.1. The molecule has 1 aromatic rings. The van der Waals surface area contributed by atoms with E-state index in [1.807, 2.05) is 6.07 Å². The Bertz CT molecular complexity index is 378. The minimum atomic E-state index is -0.285. The van der Waals surface area contributed by atoms with Gasteiger partial charge in [0.05, 0.1) is 7.11 Å². The molecule has 0 aromatic heterocycles. The van der Waals surface area contributed by atoms with Crippen molar-refractivity contribution in [3.8, 4) is 5.75 Å². The second-order valence-corrected chi connectivity index (χ2v) is 4.72. The van der Waals surface area contributed by atoms with Gasteiger partial charge in [0.25, 0.3) is 0 Å². The van der Waals surface area contributed by atoms with Crippen LogP contribution >= 0.6 is 0 Å². The number of ether oxygens (including phenoxy) is 1. The molecule has 0 saturated carbocycles. The molecule has 1 aromatic carbocycles. The molecule has 1 fully saturated rings. The van der Waals surface area contributed by atoms with Gasteiger partial charge in [-0.15, -0.1) is 0 Å². The molecule has 1 aliphatic rings. The van der Waals surface area contributed by atoms with Gasteiger partial charge in [-0.05, 0) is 50.0 Å². The van der Waals surface area contributed by atoms with Crippen LogP contribution in [0, 0.1) is 5.82 Å². The second kappa shape index (κ2) is 6.71. The molecule has 0 radical (unpaired) electrons. The van der Waals surface area contributed by atoms with Crippen molar-refractivity contribution >= 4 is 0 Å². The molecule has 0 aliphatic carbocycles. The summed E-state index contributed by atoms with van der Waals surface area (Å²) in [6.07, 6.45) is 3.37.